The van der Waals surface area contributed by atoms with Gasteiger partial charge in [0.2, 0.25) is 0 Å². The normalized spacial score (nSPS) is 16.9. The van der Waals surface area contributed by atoms with Gasteiger partial charge in [-0.2, -0.15) is 8.42 Å². The Morgan fingerprint density at radius 2 is 1.30 bits per heavy atom. The molecule has 4 heterocycles. The number of fused-ring (bicyclic) bond motifs is 8. The van der Waals surface area contributed by atoms with E-state index in [1.165, 1.54) is 21.9 Å². The summed E-state index contributed by atoms with van der Waals surface area (Å²) in [6.45, 7) is 9.15. The van der Waals surface area contributed by atoms with Crippen LogP contribution in [0.25, 0.3) is 0 Å². The molecule has 79 heavy (non-hydrogen) atoms. The van der Waals surface area contributed by atoms with Crippen molar-refractivity contribution in [2.45, 2.75) is 101 Å². The van der Waals surface area contributed by atoms with E-state index in [1.807, 2.05) is 77.4 Å². The minimum absolute atomic E-state index is 0.0180. The number of hydrogen-bond acceptors (Lipinski definition) is 15. The van der Waals surface area contributed by atoms with E-state index in [2.05, 4.69) is 49.1 Å². The lowest BCUT2D eigenvalue weighted by atomic mass is 9.98. The molecule has 2 amide bonds. The molecule has 5 aromatic carbocycles. The van der Waals surface area contributed by atoms with Gasteiger partial charge in [-0.15, -0.1) is 0 Å². The van der Waals surface area contributed by atoms with Crippen LogP contribution in [0.1, 0.15) is 92.8 Å². The summed E-state index contributed by atoms with van der Waals surface area (Å²) in [6.07, 6.45) is 4.67. The minimum atomic E-state index is -4.62. The van der Waals surface area contributed by atoms with Crippen LogP contribution in [0.2, 0.25) is 0 Å². The molecule has 19 heteroatoms. The summed E-state index contributed by atoms with van der Waals surface area (Å²) in [5.74, 6) is 1.20. The van der Waals surface area contributed by atoms with Crippen LogP contribution in [0.3, 0.4) is 0 Å². The highest BCUT2D eigenvalue weighted by atomic mass is 33.1. The summed E-state index contributed by atoms with van der Waals surface area (Å²) in [4.78, 5) is 47.1. The predicted molar refractivity (Wildman–Crippen MR) is 311 cm³/mol. The summed E-state index contributed by atoms with van der Waals surface area (Å²) < 4.78 is 69.8. The third-order valence-corrected chi connectivity index (χ3v) is 19.6. The molecule has 0 saturated heterocycles. The Hall–Kier alpha value is -5.64. The number of carbonyl (C=O) groups is 3. The number of methoxy groups -OCH3 is 2. The van der Waals surface area contributed by atoms with E-state index < -0.39 is 32.4 Å². The number of Topliss-reactive ketones (excluding diaryl/α,β-unsaturated/α-hetero) is 1. The van der Waals surface area contributed by atoms with Gasteiger partial charge in [0.15, 0.2) is 17.3 Å². The van der Waals surface area contributed by atoms with Crippen LogP contribution in [0.15, 0.2) is 91.0 Å². The number of nitrogens with zero attached hydrogens (tertiary/aromatic N) is 3. The Kier molecular flexibility index (Phi) is 19.0. The fraction of sp³-hybridized carbons (Fsp3) is 0.450. The van der Waals surface area contributed by atoms with Gasteiger partial charge < -0.3 is 48.9 Å². The molecule has 3 N–H and O–H groups in total. The van der Waals surface area contributed by atoms with Gasteiger partial charge in [-0.1, -0.05) is 58.0 Å². The number of aryl methyl sites for hydroxylation is 3. The first-order valence-corrected chi connectivity index (χ1v) is 30.8. The molecule has 0 fully saturated rings. The zero-order chi connectivity index (χ0) is 55.8. The van der Waals surface area contributed by atoms with Gasteiger partial charge in [-0.05, 0) is 159 Å². The van der Waals surface area contributed by atoms with E-state index in [4.69, 9.17) is 34.2 Å². The molecule has 422 valence electrons. The Morgan fingerprint density at radius 3 is 1.89 bits per heavy atom. The van der Waals surface area contributed by atoms with Crippen molar-refractivity contribution in [3.63, 3.8) is 0 Å². The van der Waals surface area contributed by atoms with Gasteiger partial charge in [-0.3, -0.25) is 18.9 Å². The molecular weight excluding hydrogens is 1060 g/mol. The summed E-state index contributed by atoms with van der Waals surface area (Å²) in [5, 5.41) is -1.58. The number of nitrogens with two attached hydrogens (primary N) is 1. The van der Waals surface area contributed by atoms with E-state index in [9.17, 15) is 27.4 Å². The SMILES string of the molecule is COCCOCCOCCN(CC(C)(C)SSCCC(C(=O)CN)S(=O)(=O)O)c1cc(COc2cc3c(cc2C)C(=O)N2c4ccccc4C[C@H]2CC3)cc(COc2cc3c(cc2OC)C(=O)N2c4ccccc4C[C@H]2CC3)c1. The Morgan fingerprint density at radius 1 is 0.747 bits per heavy atom. The lowest BCUT2D eigenvalue weighted by Gasteiger charge is -2.34. The average Bonchev–Trinajstić information content (AvgIpc) is 4.10. The second kappa shape index (κ2) is 25.9. The van der Waals surface area contributed by atoms with Crippen LogP contribution in [0, 0.1) is 6.92 Å². The first-order chi connectivity index (χ1) is 38.0. The molecule has 4 aliphatic heterocycles. The highest BCUT2D eigenvalue weighted by Gasteiger charge is 2.39. The molecule has 0 spiro atoms. The van der Waals surface area contributed by atoms with E-state index in [0.717, 1.165) is 77.0 Å². The van der Waals surface area contributed by atoms with Gasteiger partial charge in [0.05, 0.1) is 46.7 Å². The van der Waals surface area contributed by atoms with Crippen molar-refractivity contribution in [1.29, 1.82) is 0 Å². The van der Waals surface area contributed by atoms with Crippen LogP contribution in [0.4, 0.5) is 17.1 Å². The first kappa shape index (κ1) is 58.0. The Labute approximate surface area is 472 Å². The molecule has 0 bridgehead atoms. The molecule has 0 aromatic heterocycles. The lowest BCUT2D eigenvalue weighted by Crippen LogP contribution is -2.39. The first-order valence-electron chi connectivity index (χ1n) is 27.0. The standard InChI is InChI=1S/C60H72N4O12S3/c1-39-26-49-42(14-16-46-30-44-10-6-8-12-51(44)63(46)58(49)66)32-54(39)75-36-40-27-41(37-76-56-33-43-15-17-47-31-45-11-7-9-13-52(45)64(47)59(67)50(43)34-55(56)72-5)29-48(28-40)62(19-20-73-23-24-74-22-21-71-4)38-60(2,3)78-77-25-18-57(53(65)35-61)79(68,69)70/h6-13,26-29,32-34,46-47,57H,14-25,30-31,35-38,61H2,1-5H3,(H,68,69,70)/t46-,47-,57?/m1/s1. The second-order valence-electron chi connectivity index (χ2n) is 21.2. The van der Waals surface area contributed by atoms with E-state index >= 15 is 0 Å². The molecule has 3 atom stereocenters. The van der Waals surface area contributed by atoms with Crippen molar-refractivity contribution in [3.8, 4) is 17.2 Å². The third-order valence-electron chi connectivity index (χ3n) is 15.1. The summed E-state index contributed by atoms with van der Waals surface area (Å²) in [6, 6.07) is 30.5. The van der Waals surface area contributed by atoms with Gasteiger partial charge in [0.1, 0.15) is 24.2 Å². The quantitative estimate of drug-likeness (QED) is 0.0287. The molecule has 4 aliphatic rings. The summed E-state index contributed by atoms with van der Waals surface area (Å²) in [7, 11) is 1.57. The summed E-state index contributed by atoms with van der Waals surface area (Å²) in [5.41, 5.74) is 16.5. The number of benzene rings is 5. The van der Waals surface area contributed by atoms with E-state index in [0.29, 0.717) is 80.9 Å². The number of ketones is 1. The molecule has 0 saturated carbocycles. The molecule has 0 radical (unpaired) electrons. The Balaban J connectivity index is 0.993. The highest BCUT2D eigenvalue weighted by molar-refractivity contribution is 8.77. The number of anilines is 3. The number of amides is 2. The third kappa shape index (κ3) is 13.8. The fourth-order valence-corrected chi connectivity index (χ4v) is 14.8. The van der Waals surface area contributed by atoms with Crippen molar-refractivity contribution in [1.82, 2.24) is 0 Å². The Bertz CT molecular complexity index is 3140. The van der Waals surface area contributed by atoms with E-state index in [1.54, 1.807) is 25.0 Å². The van der Waals surface area contributed by atoms with Crippen molar-refractivity contribution < 1.29 is 55.8 Å². The highest BCUT2D eigenvalue weighted by Crippen LogP contribution is 2.43. The van der Waals surface area contributed by atoms with Crippen LogP contribution < -0.4 is 34.6 Å². The van der Waals surface area contributed by atoms with Gasteiger partial charge >= 0.3 is 0 Å². The maximum atomic E-state index is 14.3. The monoisotopic (exact) mass is 1140 g/mol. The zero-order valence-electron chi connectivity index (χ0n) is 45.7. The predicted octanol–water partition coefficient (Wildman–Crippen LogP) is 9.02. The van der Waals surface area contributed by atoms with E-state index in [-0.39, 0.29) is 49.3 Å². The smallest absolute Gasteiger partial charge is 0.275 e. The second-order valence-corrected chi connectivity index (χ2v) is 25.9. The number of rotatable bonds is 27. The fourth-order valence-electron chi connectivity index (χ4n) is 11.2. The molecule has 16 nitrogen and oxygen atoms in total. The van der Waals surface area contributed by atoms with Crippen molar-refractivity contribution >= 4 is 66.4 Å². The molecule has 9 rings (SSSR count). The van der Waals surface area contributed by atoms with Crippen molar-refractivity contribution in [3.05, 3.63) is 141 Å². The maximum Gasteiger partial charge on any atom is 0.275 e. The molecule has 0 aliphatic carbocycles. The lowest BCUT2D eigenvalue weighted by molar-refractivity contribution is -0.117. The van der Waals surface area contributed by atoms with Gasteiger partial charge in [0, 0.05) is 71.0 Å². The number of ether oxygens (including phenoxy) is 6. The molecule has 1 unspecified atom stereocenters. The van der Waals surface area contributed by atoms with Crippen molar-refractivity contribution in [2.75, 3.05) is 87.3 Å². The van der Waals surface area contributed by atoms with Gasteiger partial charge in [0.25, 0.3) is 21.9 Å². The molecular formula is C60H72N4O12S3. The van der Waals surface area contributed by atoms with Crippen molar-refractivity contribution in [2.24, 2.45) is 5.73 Å². The topological polar surface area (TPSA) is 197 Å². The summed E-state index contributed by atoms with van der Waals surface area (Å²) >= 11 is 0. The molecule has 5 aromatic rings. The van der Waals surface area contributed by atoms with Gasteiger partial charge in [-0.25, -0.2) is 0 Å². The maximum absolute atomic E-state index is 14.3. The minimum Gasteiger partial charge on any atom is -0.493 e. The zero-order valence-corrected chi connectivity index (χ0v) is 48.2. The largest absolute Gasteiger partial charge is 0.493 e. The number of para-hydroxylation sites is 2. The average molecular weight is 1140 g/mol. The number of carbonyl (C=O) groups excluding carboxylic acids is 3. The van der Waals surface area contributed by atoms with Crippen LogP contribution >= 0.6 is 21.6 Å². The number of hydrogen-bond donors (Lipinski definition) is 2. The van der Waals surface area contributed by atoms with Crippen LogP contribution in [-0.2, 0) is 68.0 Å². The van der Waals surface area contributed by atoms with Crippen LogP contribution in [-0.4, -0.2) is 125 Å². The van der Waals surface area contributed by atoms with Crippen LogP contribution in [0.5, 0.6) is 17.2 Å².